The Bertz CT molecular complexity index is 1500. The van der Waals surface area contributed by atoms with Crippen LogP contribution in [-0.4, -0.2) is 38.1 Å². The number of pyridine rings is 1. The Morgan fingerprint density at radius 3 is 2.08 bits per heavy atom. The third-order valence-corrected chi connectivity index (χ3v) is 6.64. The summed E-state index contributed by atoms with van der Waals surface area (Å²) in [6.45, 7) is 0. The Labute approximate surface area is 218 Å². The van der Waals surface area contributed by atoms with Crippen LogP contribution >= 0.6 is 0 Å². The van der Waals surface area contributed by atoms with Crippen LogP contribution in [0.4, 0.5) is 15.8 Å². The number of benzene rings is 3. The fraction of sp³-hybridized carbons (Fsp3) is 0.207. The van der Waals surface area contributed by atoms with Gasteiger partial charge in [0.05, 0.1) is 19.7 Å². The number of carbonyl (C=O) groups is 2. The fourth-order valence-corrected chi connectivity index (χ4v) is 4.42. The zero-order valence-electron chi connectivity index (χ0n) is 21.2. The minimum atomic E-state index is -1.13. The Balaban J connectivity index is 1.48. The molecule has 1 aliphatic carbocycles. The Hall–Kier alpha value is -4.66. The summed E-state index contributed by atoms with van der Waals surface area (Å²) in [5.74, 6) is 1.08. The first kappa shape index (κ1) is 25.0. The van der Waals surface area contributed by atoms with E-state index in [0.29, 0.717) is 52.7 Å². The number of hydrogen-bond donors (Lipinski definition) is 1. The number of amides is 2. The molecule has 4 aromatic rings. The van der Waals surface area contributed by atoms with Gasteiger partial charge in [0.15, 0.2) is 11.5 Å². The lowest BCUT2D eigenvalue weighted by molar-refractivity contribution is -0.135. The zero-order valence-corrected chi connectivity index (χ0v) is 21.2. The van der Waals surface area contributed by atoms with Crippen molar-refractivity contribution >= 4 is 34.1 Å². The van der Waals surface area contributed by atoms with Crippen molar-refractivity contribution in [2.24, 2.45) is 5.41 Å². The molecule has 3 aromatic carbocycles. The molecule has 1 aliphatic rings. The number of nitrogens with one attached hydrogen (secondary N) is 1. The number of ether oxygens (including phenoxy) is 3. The van der Waals surface area contributed by atoms with E-state index in [-0.39, 0.29) is 11.8 Å². The second-order valence-corrected chi connectivity index (χ2v) is 8.91. The van der Waals surface area contributed by atoms with E-state index in [1.165, 1.54) is 36.2 Å². The molecule has 0 unspecified atom stereocenters. The first-order valence-corrected chi connectivity index (χ1v) is 12.0. The summed E-state index contributed by atoms with van der Waals surface area (Å²) in [5, 5.41) is 3.33. The van der Waals surface area contributed by atoms with E-state index in [4.69, 9.17) is 14.2 Å². The van der Waals surface area contributed by atoms with Gasteiger partial charge in [0.2, 0.25) is 11.8 Å². The number of anilines is 2. The number of fused-ring (bicyclic) bond motifs is 1. The van der Waals surface area contributed by atoms with E-state index in [1.54, 1.807) is 62.9 Å². The molecule has 1 aromatic heterocycles. The summed E-state index contributed by atoms with van der Waals surface area (Å²) >= 11 is 0. The summed E-state index contributed by atoms with van der Waals surface area (Å²) in [7, 11) is 4.63. The van der Waals surface area contributed by atoms with Crippen molar-refractivity contribution in [1.29, 1.82) is 0 Å². The van der Waals surface area contributed by atoms with Crippen molar-refractivity contribution in [3.8, 4) is 23.0 Å². The largest absolute Gasteiger partial charge is 0.493 e. The molecule has 0 radical (unpaired) electrons. The topological polar surface area (TPSA) is 90.0 Å². The number of aromatic nitrogens is 1. The Morgan fingerprint density at radius 1 is 0.895 bits per heavy atom. The Kier molecular flexibility index (Phi) is 6.59. The molecule has 9 heteroatoms. The van der Waals surface area contributed by atoms with Crippen LogP contribution in [0.25, 0.3) is 10.9 Å². The van der Waals surface area contributed by atoms with Crippen molar-refractivity contribution in [3.05, 3.63) is 78.7 Å². The summed E-state index contributed by atoms with van der Waals surface area (Å²) in [4.78, 5) is 32.1. The number of nitrogens with zero attached hydrogens (tertiary/aromatic N) is 2. The van der Waals surface area contributed by atoms with Crippen molar-refractivity contribution in [1.82, 2.24) is 10.3 Å². The molecular formula is C29H26FN3O5. The van der Waals surface area contributed by atoms with Crippen LogP contribution in [0.1, 0.15) is 12.8 Å². The lowest BCUT2D eigenvalue weighted by Gasteiger charge is -2.27. The van der Waals surface area contributed by atoms with Crippen LogP contribution in [0.2, 0.25) is 0 Å². The number of carbonyl (C=O) groups excluding carboxylic acids is 2. The van der Waals surface area contributed by atoms with Crippen molar-refractivity contribution in [3.63, 3.8) is 0 Å². The maximum absolute atomic E-state index is 13.7. The summed E-state index contributed by atoms with van der Waals surface area (Å²) in [6.07, 6.45) is 2.54. The van der Waals surface area contributed by atoms with Gasteiger partial charge in [-0.1, -0.05) is 0 Å². The molecule has 2 amide bonds. The predicted molar refractivity (Wildman–Crippen MR) is 141 cm³/mol. The summed E-state index contributed by atoms with van der Waals surface area (Å²) in [5.41, 5.74) is 0.527. The number of halogens is 1. The van der Waals surface area contributed by atoms with E-state index >= 15 is 0 Å². The van der Waals surface area contributed by atoms with Crippen LogP contribution in [0, 0.1) is 11.2 Å². The minimum Gasteiger partial charge on any atom is -0.493 e. The highest BCUT2D eigenvalue weighted by Gasteiger charge is 2.58. The van der Waals surface area contributed by atoms with Gasteiger partial charge in [-0.15, -0.1) is 0 Å². The minimum absolute atomic E-state index is 0.328. The van der Waals surface area contributed by atoms with Gasteiger partial charge in [-0.2, -0.15) is 0 Å². The van der Waals surface area contributed by atoms with E-state index in [9.17, 15) is 14.0 Å². The van der Waals surface area contributed by atoms with Crippen molar-refractivity contribution in [2.75, 3.05) is 26.2 Å². The molecule has 1 heterocycles. The van der Waals surface area contributed by atoms with Gasteiger partial charge in [-0.05, 0) is 73.5 Å². The average molecular weight is 516 g/mol. The van der Waals surface area contributed by atoms with Gasteiger partial charge in [0, 0.05) is 36.1 Å². The van der Waals surface area contributed by atoms with Crippen molar-refractivity contribution < 1.29 is 28.2 Å². The quantitative estimate of drug-likeness (QED) is 0.317. The lowest BCUT2D eigenvalue weighted by atomic mass is 10.0. The summed E-state index contributed by atoms with van der Waals surface area (Å²) in [6, 6.07) is 17.8. The number of methoxy groups -OCH3 is 2. The molecule has 8 nitrogen and oxygen atoms in total. The van der Waals surface area contributed by atoms with E-state index in [0.717, 1.165) is 5.39 Å². The molecule has 5 rings (SSSR count). The maximum atomic E-state index is 13.7. The lowest BCUT2D eigenvalue weighted by Crippen LogP contribution is -2.42. The molecule has 0 aliphatic heterocycles. The van der Waals surface area contributed by atoms with Crippen LogP contribution in [0.3, 0.4) is 0 Å². The summed E-state index contributed by atoms with van der Waals surface area (Å²) < 4.78 is 30.6. The molecule has 0 saturated heterocycles. The molecular weight excluding hydrogens is 489 g/mol. The van der Waals surface area contributed by atoms with Crippen LogP contribution < -0.4 is 24.4 Å². The SMILES string of the molecule is CNC(=O)C1(C(=O)N(c2ccc(F)cc2)c2ccc(Oc3ccnc4cc(OC)c(OC)cc34)cc2)CC1. The highest BCUT2D eigenvalue weighted by Crippen LogP contribution is 2.49. The highest BCUT2D eigenvalue weighted by molar-refractivity contribution is 6.16. The third-order valence-electron chi connectivity index (χ3n) is 6.64. The average Bonchev–Trinajstić information content (AvgIpc) is 3.76. The van der Waals surface area contributed by atoms with Gasteiger partial charge in [-0.3, -0.25) is 19.5 Å². The molecule has 1 N–H and O–H groups in total. The van der Waals surface area contributed by atoms with Crippen molar-refractivity contribution in [2.45, 2.75) is 12.8 Å². The molecule has 194 valence electrons. The third kappa shape index (κ3) is 4.47. The normalized spacial score (nSPS) is 13.5. The van der Waals surface area contributed by atoms with E-state index < -0.39 is 11.2 Å². The predicted octanol–water partition coefficient (Wildman–Crippen LogP) is 5.37. The highest BCUT2D eigenvalue weighted by atomic mass is 19.1. The van der Waals surface area contributed by atoms with Crippen LogP contribution in [0.5, 0.6) is 23.0 Å². The van der Waals surface area contributed by atoms with Gasteiger partial charge >= 0.3 is 0 Å². The first-order valence-electron chi connectivity index (χ1n) is 12.0. The Morgan fingerprint density at radius 2 is 1.50 bits per heavy atom. The van der Waals surface area contributed by atoms with E-state index in [2.05, 4.69) is 10.3 Å². The monoisotopic (exact) mass is 515 g/mol. The zero-order chi connectivity index (χ0) is 26.9. The van der Waals surface area contributed by atoms with Gasteiger partial charge < -0.3 is 19.5 Å². The van der Waals surface area contributed by atoms with Gasteiger partial charge in [0.25, 0.3) is 0 Å². The smallest absolute Gasteiger partial charge is 0.247 e. The second-order valence-electron chi connectivity index (χ2n) is 8.91. The van der Waals surface area contributed by atoms with E-state index in [1.807, 2.05) is 0 Å². The standard InChI is InChI=1S/C29H26FN3O5/c1-31-27(34)29(13-14-29)28(35)33(19-6-4-18(30)5-7-19)20-8-10-21(11-9-20)38-24-12-15-32-23-17-26(37-3)25(36-2)16-22(23)24/h4-12,15-17H,13-14H2,1-3H3,(H,31,34). The van der Waals surface area contributed by atoms with Crippen LogP contribution in [0.15, 0.2) is 72.9 Å². The number of hydrogen-bond acceptors (Lipinski definition) is 6. The maximum Gasteiger partial charge on any atom is 0.247 e. The fourth-order valence-electron chi connectivity index (χ4n) is 4.42. The molecule has 0 spiro atoms. The molecule has 1 saturated carbocycles. The molecule has 1 fully saturated rings. The van der Waals surface area contributed by atoms with Gasteiger partial charge in [0.1, 0.15) is 22.7 Å². The van der Waals surface area contributed by atoms with Crippen LogP contribution in [-0.2, 0) is 9.59 Å². The van der Waals surface area contributed by atoms with Gasteiger partial charge in [-0.25, -0.2) is 4.39 Å². The first-order chi connectivity index (χ1) is 18.4. The molecule has 38 heavy (non-hydrogen) atoms. The molecule has 0 bridgehead atoms. The second kappa shape index (κ2) is 10.0. The number of rotatable bonds is 8. The molecule has 0 atom stereocenters.